The van der Waals surface area contributed by atoms with Crippen molar-refractivity contribution in [2.45, 2.75) is 38.5 Å². The van der Waals surface area contributed by atoms with Crippen molar-refractivity contribution >= 4 is 40.9 Å². The highest BCUT2D eigenvalue weighted by atomic mass is 35.5. The van der Waals surface area contributed by atoms with Crippen molar-refractivity contribution in [3.63, 3.8) is 0 Å². The molecule has 3 rings (SSSR count). The number of anilines is 1. The van der Waals surface area contributed by atoms with Gasteiger partial charge in [-0.15, -0.1) is 10.2 Å². The number of carbonyl (C=O) groups is 2. The Labute approximate surface area is 202 Å². The van der Waals surface area contributed by atoms with Crippen molar-refractivity contribution in [2.75, 3.05) is 18.2 Å². The van der Waals surface area contributed by atoms with Crippen molar-refractivity contribution in [2.24, 2.45) is 0 Å². The smallest absolute Gasteiger partial charge is 0.255 e. The first-order chi connectivity index (χ1) is 15.8. The quantitative estimate of drug-likeness (QED) is 0.431. The summed E-state index contributed by atoms with van der Waals surface area (Å²) in [6.45, 7) is 6.28. The molecule has 1 aromatic heterocycles. The van der Waals surface area contributed by atoms with Crippen LogP contribution >= 0.6 is 23.4 Å². The van der Waals surface area contributed by atoms with E-state index in [1.54, 1.807) is 42.5 Å². The maximum atomic E-state index is 12.7. The van der Waals surface area contributed by atoms with E-state index in [9.17, 15) is 9.59 Å². The van der Waals surface area contributed by atoms with E-state index in [0.29, 0.717) is 33.9 Å². The van der Waals surface area contributed by atoms with E-state index in [0.717, 1.165) is 11.3 Å². The Hall–Kier alpha value is -3.04. The third kappa shape index (κ3) is 6.06. The number of benzene rings is 2. The lowest BCUT2D eigenvalue weighted by Gasteiger charge is -2.16. The molecule has 0 aliphatic rings. The van der Waals surface area contributed by atoms with Crippen LogP contribution in [0.2, 0.25) is 5.02 Å². The number of hydrogen-bond donors (Lipinski definition) is 2. The van der Waals surface area contributed by atoms with E-state index < -0.39 is 6.04 Å². The molecular formula is C23H26ClN5O3S. The Kier molecular flexibility index (Phi) is 8.35. The number of ether oxygens (including phenoxy) is 1. The number of aryl methyl sites for hydroxylation is 1. The molecule has 0 bridgehead atoms. The van der Waals surface area contributed by atoms with Gasteiger partial charge in [-0.25, -0.2) is 0 Å². The number of methoxy groups -OCH3 is 1. The Bertz CT molecular complexity index is 1150. The van der Waals surface area contributed by atoms with Crippen molar-refractivity contribution < 1.29 is 14.3 Å². The number of hydrogen-bond acceptors (Lipinski definition) is 6. The second-order valence-electron chi connectivity index (χ2n) is 7.28. The van der Waals surface area contributed by atoms with Crippen LogP contribution in [0.4, 0.5) is 5.69 Å². The Morgan fingerprint density at radius 3 is 2.67 bits per heavy atom. The van der Waals surface area contributed by atoms with Gasteiger partial charge in [0.15, 0.2) is 11.0 Å². The minimum absolute atomic E-state index is 0.157. The minimum Gasteiger partial charge on any atom is -0.496 e. The number of thioether (sulfide) groups is 1. The monoisotopic (exact) mass is 487 g/mol. The van der Waals surface area contributed by atoms with Gasteiger partial charge in [-0.1, -0.05) is 35.5 Å². The third-order valence-electron chi connectivity index (χ3n) is 4.94. The maximum Gasteiger partial charge on any atom is 0.255 e. The summed E-state index contributed by atoms with van der Waals surface area (Å²) in [7, 11) is 1.52. The zero-order valence-corrected chi connectivity index (χ0v) is 20.5. The van der Waals surface area contributed by atoms with Crippen LogP contribution in [0.5, 0.6) is 5.75 Å². The third-order valence-corrected chi connectivity index (χ3v) is 6.14. The van der Waals surface area contributed by atoms with Crippen LogP contribution in [0.3, 0.4) is 0 Å². The normalized spacial score (nSPS) is 11.7. The zero-order chi connectivity index (χ0) is 24.0. The number of carbonyl (C=O) groups excluding carboxylic acids is 2. The minimum atomic E-state index is -0.394. The number of aromatic nitrogens is 3. The Balaban J connectivity index is 1.65. The van der Waals surface area contributed by atoms with E-state index in [-0.39, 0.29) is 17.6 Å². The molecule has 0 saturated carbocycles. The van der Waals surface area contributed by atoms with Gasteiger partial charge in [0.2, 0.25) is 5.91 Å². The van der Waals surface area contributed by atoms with Crippen molar-refractivity contribution in [3.8, 4) is 5.75 Å². The largest absolute Gasteiger partial charge is 0.496 e. The van der Waals surface area contributed by atoms with Gasteiger partial charge in [0.1, 0.15) is 5.75 Å². The summed E-state index contributed by atoms with van der Waals surface area (Å²) >= 11 is 7.26. The molecule has 0 saturated heterocycles. The van der Waals surface area contributed by atoms with Crippen LogP contribution < -0.4 is 15.4 Å². The lowest BCUT2D eigenvalue weighted by molar-refractivity contribution is -0.113. The summed E-state index contributed by atoms with van der Waals surface area (Å²) in [5, 5.41) is 15.5. The van der Waals surface area contributed by atoms with Crippen molar-refractivity contribution in [3.05, 3.63) is 64.4 Å². The van der Waals surface area contributed by atoms with E-state index in [1.807, 2.05) is 25.3 Å². The SMILES string of the molecule is CCn1c(SCC(=O)Nc2ccc(Cl)cc2C)nnc1[C@@H](C)NC(=O)c1ccccc1OC. The fourth-order valence-electron chi connectivity index (χ4n) is 3.28. The molecule has 3 aromatic rings. The standard InChI is InChI=1S/C23H26ClN5O3S/c1-5-29-21(15(3)25-22(31)17-8-6-7-9-19(17)32-4)27-28-23(29)33-13-20(30)26-18-11-10-16(24)12-14(18)2/h6-12,15H,5,13H2,1-4H3,(H,25,31)(H,26,30)/t15-/m1/s1. The van der Waals surface area contributed by atoms with Crippen LogP contribution in [-0.2, 0) is 11.3 Å². The van der Waals surface area contributed by atoms with E-state index in [1.165, 1.54) is 18.9 Å². The molecule has 0 radical (unpaired) electrons. The van der Waals surface area contributed by atoms with Crippen LogP contribution in [0.15, 0.2) is 47.6 Å². The van der Waals surface area contributed by atoms with Gasteiger partial charge in [0, 0.05) is 17.3 Å². The fourth-order valence-corrected chi connectivity index (χ4v) is 4.32. The zero-order valence-electron chi connectivity index (χ0n) is 18.9. The predicted molar refractivity (Wildman–Crippen MR) is 130 cm³/mol. The van der Waals surface area contributed by atoms with Gasteiger partial charge in [-0.2, -0.15) is 0 Å². The van der Waals surface area contributed by atoms with Crippen molar-refractivity contribution in [1.29, 1.82) is 0 Å². The fraction of sp³-hybridized carbons (Fsp3) is 0.304. The van der Waals surface area contributed by atoms with E-state index in [4.69, 9.17) is 16.3 Å². The second kappa shape index (κ2) is 11.2. The van der Waals surface area contributed by atoms with Crippen LogP contribution in [0.1, 0.15) is 41.6 Å². The number of nitrogens with zero attached hydrogens (tertiary/aromatic N) is 3. The molecule has 33 heavy (non-hydrogen) atoms. The molecular weight excluding hydrogens is 462 g/mol. The molecule has 174 valence electrons. The topological polar surface area (TPSA) is 98.1 Å². The molecule has 0 fully saturated rings. The molecule has 8 nitrogen and oxygen atoms in total. The Morgan fingerprint density at radius 2 is 1.97 bits per heavy atom. The first kappa shape index (κ1) is 24.6. The average molecular weight is 488 g/mol. The van der Waals surface area contributed by atoms with E-state index >= 15 is 0 Å². The van der Waals surface area contributed by atoms with Gasteiger partial charge >= 0.3 is 0 Å². The lowest BCUT2D eigenvalue weighted by Crippen LogP contribution is -2.29. The number of halogens is 1. The molecule has 0 unspecified atom stereocenters. The summed E-state index contributed by atoms with van der Waals surface area (Å²) in [4.78, 5) is 25.2. The summed E-state index contributed by atoms with van der Waals surface area (Å²) < 4.78 is 7.16. The summed E-state index contributed by atoms with van der Waals surface area (Å²) in [6, 6.07) is 11.9. The highest BCUT2D eigenvalue weighted by molar-refractivity contribution is 7.99. The van der Waals surface area contributed by atoms with Gasteiger partial charge in [-0.05, 0) is 56.7 Å². The molecule has 2 amide bonds. The molecule has 0 spiro atoms. The highest BCUT2D eigenvalue weighted by Crippen LogP contribution is 2.24. The number of nitrogens with one attached hydrogen (secondary N) is 2. The first-order valence-electron chi connectivity index (χ1n) is 10.4. The number of para-hydroxylation sites is 1. The van der Waals surface area contributed by atoms with Crippen LogP contribution in [0, 0.1) is 6.92 Å². The van der Waals surface area contributed by atoms with Gasteiger partial charge in [0.25, 0.3) is 5.91 Å². The summed E-state index contributed by atoms with van der Waals surface area (Å²) in [5.74, 6) is 0.851. The lowest BCUT2D eigenvalue weighted by atomic mass is 10.1. The predicted octanol–water partition coefficient (Wildman–Crippen LogP) is 4.49. The van der Waals surface area contributed by atoms with Crippen molar-refractivity contribution in [1.82, 2.24) is 20.1 Å². The van der Waals surface area contributed by atoms with Crippen LogP contribution in [0.25, 0.3) is 0 Å². The van der Waals surface area contributed by atoms with Gasteiger partial charge in [-0.3, -0.25) is 9.59 Å². The Morgan fingerprint density at radius 1 is 1.21 bits per heavy atom. The molecule has 1 atom stereocenters. The number of rotatable bonds is 9. The number of amides is 2. The molecule has 0 aliphatic carbocycles. The average Bonchev–Trinajstić information content (AvgIpc) is 3.22. The maximum absolute atomic E-state index is 12.7. The second-order valence-corrected chi connectivity index (χ2v) is 8.66. The first-order valence-corrected chi connectivity index (χ1v) is 11.8. The molecule has 0 aliphatic heterocycles. The van der Waals surface area contributed by atoms with E-state index in [2.05, 4.69) is 20.8 Å². The summed E-state index contributed by atoms with van der Waals surface area (Å²) in [6.07, 6.45) is 0. The van der Waals surface area contributed by atoms with Gasteiger partial charge in [0.05, 0.1) is 24.5 Å². The highest BCUT2D eigenvalue weighted by Gasteiger charge is 2.21. The van der Waals surface area contributed by atoms with Crippen LogP contribution in [-0.4, -0.2) is 39.4 Å². The summed E-state index contributed by atoms with van der Waals surface area (Å²) in [5.41, 5.74) is 2.05. The molecule has 2 N–H and O–H groups in total. The van der Waals surface area contributed by atoms with Gasteiger partial charge < -0.3 is 19.9 Å². The molecule has 10 heteroatoms. The molecule has 1 heterocycles. The molecule has 2 aromatic carbocycles.